The van der Waals surface area contributed by atoms with Crippen molar-refractivity contribution in [3.8, 4) is 0 Å². The third-order valence-corrected chi connectivity index (χ3v) is 5.13. The lowest BCUT2D eigenvalue weighted by atomic mass is 10.2. The van der Waals surface area contributed by atoms with E-state index in [1.165, 1.54) is 11.3 Å². The van der Waals surface area contributed by atoms with Crippen molar-refractivity contribution in [1.82, 2.24) is 20.8 Å². The minimum absolute atomic E-state index is 0.228. The van der Waals surface area contributed by atoms with Crippen molar-refractivity contribution in [1.29, 1.82) is 0 Å². The van der Waals surface area contributed by atoms with Gasteiger partial charge in [-0.05, 0) is 31.2 Å². The van der Waals surface area contributed by atoms with Gasteiger partial charge in [-0.2, -0.15) is 0 Å². The van der Waals surface area contributed by atoms with Crippen LogP contribution in [0.4, 0.5) is 5.13 Å². The summed E-state index contributed by atoms with van der Waals surface area (Å²) in [6.45, 7) is 1.70. The first-order valence-electron chi connectivity index (χ1n) is 8.68. The van der Waals surface area contributed by atoms with E-state index in [0.29, 0.717) is 10.6 Å². The number of aromatic nitrogens is 2. The van der Waals surface area contributed by atoms with Crippen LogP contribution in [0.15, 0.2) is 60.7 Å². The molecule has 0 radical (unpaired) electrons. The number of thiazole rings is 1. The average molecular weight is 391 g/mol. The van der Waals surface area contributed by atoms with E-state index in [1.54, 1.807) is 13.0 Å². The van der Waals surface area contributed by atoms with Crippen molar-refractivity contribution < 1.29 is 9.59 Å². The molecule has 0 saturated carbocycles. The highest BCUT2D eigenvalue weighted by Crippen LogP contribution is 2.25. The molecule has 8 heteroatoms. The molecule has 2 amide bonds. The van der Waals surface area contributed by atoms with E-state index in [2.05, 4.69) is 26.1 Å². The molecule has 0 saturated heterocycles. The van der Waals surface area contributed by atoms with Gasteiger partial charge in [-0.3, -0.25) is 20.4 Å². The number of para-hydroxylation sites is 2. The van der Waals surface area contributed by atoms with Crippen LogP contribution in [-0.2, 0) is 4.79 Å². The number of amides is 2. The van der Waals surface area contributed by atoms with Crippen LogP contribution in [0.1, 0.15) is 17.4 Å². The van der Waals surface area contributed by atoms with Gasteiger partial charge in [0.25, 0.3) is 11.8 Å². The van der Waals surface area contributed by atoms with Crippen molar-refractivity contribution >= 4 is 49.4 Å². The minimum Gasteiger partial charge on any atom is -0.350 e. The molecule has 1 atom stereocenters. The zero-order chi connectivity index (χ0) is 19.5. The lowest BCUT2D eigenvalue weighted by Gasteiger charge is -2.13. The number of fused-ring (bicyclic) bond motifs is 2. The number of rotatable bonds is 4. The highest BCUT2D eigenvalue weighted by atomic mass is 32.1. The highest BCUT2D eigenvalue weighted by Gasteiger charge is 2.16. The number of nitrogens with zero attached hydrogens (tertiary/aromatic N) is 2. The Balaban J connectivity index is 1.36. The summed E-state index contributed by atoms with van der Waals surface area (Å²) >= 11 is 1.47. The molecule has 2 aromatic heterocycles. The number of hydrogen-bond acceptors (Lipinski definition) is 6. The molecule has 7 nitrogen and oxygen atoms in total. The molecular formula is C20H17N5O2S. The van der Waals surface area contributed by atoms with Gasteiger partial charge in [0, 0.05) is 5.39 Å². The van der Waals surface area contributed by atoms with Gasteiger partial charge >= 0.3 is 0 Å². The Bertz CT molecular complexity index is 1140. The van der Waals surface area contributed by atoms with Crippen LogP contribution < -0.4 is 16.2 Å². The van der Waals surface area contributed by atoms with E-state index in [1.807, 2.05) is 54.6 Å². The van der Waals surface area contributed by atoms with E-state index in [9.17, 15) is 9.59 Å². The maximum atomic E-state index is 12.3. The van der Waals surface area contributed by atoms with Crippen LogP contribution in [0, 0.1) is 0 Å². The molecule has 2 heterocycles. The second-order valence-corrected chi connectivity index (χ2v) is 7.22. The lowest BCUT2D eigenvalue weighted by Crippen LogP contribution is -2.47. The SMILES string of the molecule is CC(Nc1nc2ccccc2s1)C(=O)NNC(=O)c1ccc2ccccc2n1. The third kappa shape index (κ3) is 3.77. The quantitative estimate of drug-likeness (QED) is 0.465. The third-order valence-electron chi connectivity index (χ3n) is 4.16. The molecule has 0 spiro atoms. The smallest absolute Gasteiger partial charge is 0.288 e. The Kier molecular flexibility index (Phi) is 4.86. The zero-order valence-electron chi connectivity index (χ0n) is 15.0. The number of pyridine rings is 1. The summed E-state index contributed by atoms with van der Waals surface area (Å²) in [6, 6.07) is 18.1. The molecular weight excluding hydrogens is 374 g/mol. The first kappa shape index (κ1) is 17.9. The van der Waals surface area contributed by atoms with Crippen LogP contribution in [-0.4, -0.2) is 27.8 Å². The second-order valence-electron chi connectivity index (χ2n) is 6.19. The zero-order valence-corrected chi connectivity index (χ0v) is 15.8. The largest absolute Gasteiger partial charge is 0.350 e. The van der Waals surface area contributed by atoms with Gasteiger partial charge in [0.05, 0.1) is 15.7 Å². The number of hydrogen-bond donors (Lipinski definition) is 3. The van der Waals surface area contributed by atoms with Crippen molar-refractivity contribution in [2.75, 3.05) is 5.32 Å². The fourth-order valence-corrected chi connectivity index (χ4v) is 3.62. The van der Waals surface area contributed by atoms with E-state index in [0.717, 1.165) is 15.6 Å². The molecule has 3 N–H and O–H groups in total. The van der Waals surface area contributed by atoms with Crippen LogP contribution >= 0.6 is 11.3 Å². The number of anilines is 1. The van der Waals surface area contributed by atoms with Crippen LogP contribution in [0.5, 0.6) is 0 Å². The van der Waals surface area contributed by atoms with E-state index in [-0.39, 0.29) is 11.6 Å². The Morgan fingerprint density at radius 3 is 2.46 bits per heavy atom. The first-order chi connectivity index (χ1) is 13.6. The number of nitrogens with one attached hydrogen (secondary N) is 3. The van der Waals surface area contributed by atoms with Crippen molar-refractivity contribution in [2.24, 2.45) is 0 Å². The molecule has 2 aromatic carbocycles. The Hall–Kier alpha value is -3.52. The Labute approximate surface area is 164 Å². The molecule has 0 aliphatic rings. The summed E-state index contributed by atoms with van der Waals surface area (Å²) in [5.74, 6) is -0.861. The summed E-state index contributed by atoms with van der Waals surface area (Å²) in [5.41, 5.74) is 6.63. The fraction of sp³-hybridized carbons (Fsp3) is 0.100. The highest BCUT2D eigenvalue weighted by molar-refractivity contribution is 7.22. The standard InChI is InChI=1S/C20H17N5O2S/c1-12(21-20-23-15-8-4-5-9-17(15)28-20)18(26)24-25-19(27)16-11-10-13-6-2-3-7-14(13)22-16/h2-12H,1H3,(H,21,23)(H,24,26)(H,25,27). The maximum Gasteiger partial charge on any atom is 0.288 e. The van der Waals surface area contributed by atoms with Gasteiger partial charge in [0.15, 0.2) is 5.13 Å². The number of carbonyl (C=O) groups is 2. The van der Waals surface area contributed by atoms with Gasteiger partial charge in [-0.1, -0.05) is 47.7 Å². The Morgan fingerprint density at radius 2 is 1.64 bits per heavy atom. The molecule has 4 aromatic rings. The topological polar surface area (TPSA) is 96.0 Å². The van der Waals surface area contributed by atoms with Gasteiger partial charge in [-0.25, -0.2) is 9.97 Å². The molecule has 140 valence electrons. The molecule has 0 aliphatic carbocycles. The minimum atomic E-state index is -0.578. The number of hydrazine groups is 1. The summed E-state index contributed by atoms with van der Waals surface area (Å²) < 4.78 is 1.04. The monoisotopic (exact) mass is 391 g/mol. The summed E-state index contributed by atoms with van der Waals surface area (Å²) in [5, 5.41) is 4.63. The molecule has 28 heavy (non-hydrogen) atoms. The number of carbonyl (C=O) groups excluding carboxylic acids is 2. The first-order valence-corrected chi connectivity index (χ1v) is 9.50. The predicted molar refractivity (Wildman–Crippen MR) is 110 cm³/mol. The normalized spacial score (nSPS) is 11.9. The van der Waals surface area contributed by atoms with Gasteiger partial charge < -0.3 is 5.32 Å². The Morgan fingerprint density at radius 1 is 0.893 bits per heavy atom. The van der Waals surface area contributed by atoms with Gasteiger partial charge in [0.1, 0.15) is 11.7 Å². The summed E-state index contributed by atoms with van der Waals surface area (Å²) in [6.07, 6.45) is 0. The molecule has 0 fully saturated rings. The van der Waals surface area contributed by atoms with Crippen LogP contribution in [0.25, 0.3) is 21.1 Å². The average Bonchev–Trinajstić information content (AvgIpc) is 3.13. The van der Waals surface area contributed by atoms with Crippen molar-refractivity contribution in [3.63, 3.8) is 0 Å². The van der Waals surface area contributed by atoms with Crippen LogP contribution in [0.3, 0.4) is 0 Å². The van der Waals surface area contributed by atoms with E-state index in [4.69, 9.17) is 0 Å². The van der Waals surface area contributed by atoms with Gasteiger partial charge in [0.2, 0.25) is 0 Å². The predicted octanol–water partition coefficient (Wildman–Crippen LogP) is 3.11. The van der Waals surface area contributed by atoms with Crippen LogP contribution in [0.2, 0.25) is 0 Å². The summed E-state index contributed by atoms with van der Waals surface area (Å²) in [4.78, 5) is 33.3. The lowest BCUT2D eigenvalue weighted by molar-refractivity contribution is -0.122. The van der Waals surface area contributed by atoms with E-state index < -0.39 is 11.9 Å². The second kappa shape index (κ2) is 7.61. The maximum absolute atomic E-state index is 12.3. The molecule has 4 rings (SSSR count). The fourth-order valence-electron chi connectivity index (χ4n) is 2.67. The summed E-state index contributed by atoms with van der Waals surface area (Å²) in [7, 11) is 0. The molecule has 0 aliphatic heterocycles. The van der Waals surface area contributed by atoms with E-state index >= 15 is 0 Å². The van der Waals surface area contributed by atoms with Crippen molar-refractivity contribution in [3.05, 3.63) is 66.4 Å². The van der Waals surface area contributed by atoms with Gasteiger partial charge in [-0.15, -0.1) is 0 Å². The molecule has 1 unspecified atom stereocenters. The molecule has 0 bridgehead atoms. The number of benzene rings is 2. The van der Waals surface area contributed by atoms with Crippen molar-refractivity contribution in [2.45, 2.75) is 13.0 Å².